The van der Waals surface area contributed by atoms with E-state index >= 15 is 0 Å². The Morgan fingerprint density at radius 2 is 1.86 bits per heavy atom. The molecule has 0 radical (unpaired) electrons. The summed E-state index contributed by atoms with van der Waals surface area (Å²) in [6, 6.07) is 14.6. The second kappa shape index (κ2) is 9.24. The molecule has 0 saturated carbocycles. The van der Waals surface area contributed by atoms with Gasteiger partial charge in [-0.3, -0.25) is 9.78 Å². The number of morpholine rings is 1. The summed E-state index contributed by atoms with van der Waals surface area (Å²) < 4.78 is 6.28. The van der Waals surface area contributed by atoms with Crippen LogP contribution in [0.25, 0.3) is 0 Å². The van der Waals surface area contributed by atoms with Crippen molar-refractivity contribution in [3.8, 4) is 0 Å². The molecule has 1 spiro atoms. The van der Waals surface area contributed by atoms with Crippen LogP contribution in [0.4, 0.5) is 5.69 Å². The molecule has 29 heavy (non-hydrogen) atoms. The van der Waals surface area contributed by atoms with Crippen molar-refractivity contribution in [1.82, 2.24) is 9.88 Å². The molecule has 2 aromatic rings. The number of piperidine rings is 1. The first-order valence-electron chi connectivity index (χ1n) is 10.2. The highest BCUT2D eigenvalue weighted by molar-refractivity contribution is 5.97. The second-order valence-corrected chi connectivity index (χ2v) is 8.10. The molecule has 0 aliphatic carbocycles. The number of rotatable bonds is 4. The van der Waals surface area contributed by atoms with Crippen LogP contribution in [0.15, 0.2) is 48.7 Å². The van der Waals surface area contributed by atoms with Gasteiger partial charge in [-0.05, 0) is 50.8 Å². The number of carbonyl (C=O) groups is 1. The Morgan fingerprint density at radius 1 is 1.14 bits per heavy atom. The van der Waals surface area contributed by atoms with Crippen molar-refractivity contribution < 1.29 is 9.53 Å². The van der Waals surface area contributed by atoms with E-state index in [-0.39, 0.29) is 23.9 Å². The van der Waals surface area contributed by atoms with Gasteiger partial charge in [0.15, 0.2) is 0 Å². The molecule has 1 aromatic carbocycles. The average molecular weight is 416 g/mol. The maximum Gasteiger partial charge on any atom is 0.255 e. The van der Waals surface area contributed by atoms with Gasteiger partial charge in [-0.1, -0.05) is 30.3 Å². The van der Waals surface area contributed by atoms with Crippen LogP contribution in [0.5, 0.6) is 0 Å². The van der Waals surface area contributed by atoms with Crippen LogP contribution in [0.3, 0.4) is 0 Å². The first-order chi connectivity index (χ1) is 13.5. The lowest BCUT2D eigenvalue weighted by atomic mass is 9.88. The van der Waals surface area contributed by atoms with Gasteiger partial charge >= 0.3 is 0 Å². The van der Waals surface area contributed by atoms with Gasteiger partial charge in [-0.15, -0.1) is 12.4 Å². The normalized spacial score (nSPS) is 21.8. The molecule has 6 heteroatoms. The Morgan fingerprint density at radius 3 is 2.52 bits per heavy atom. The summed E-state index contributed by atoms with van der Waals surface area (Å²) in [4.78, 5) is 21.5. The van der Waals surface area contributed by atoms with Crippen molar-refractivity contribution in [3.63, 3.8) is 0 Å². The Kier molecular flexibility index (Phi) is 6.93. The zero-order chi connectivity index (χ0) is 19.6. The third-order valence-electron chi connectivity index (χ3n) is 6.02. The quantitative estimate of drug-likeness (QED) is 0.764. The van der Waals surface area contributed by atoms with Crippen LogP contribution in [0.2, 0.25) is 0 Å². The fourth-order valence-corrected chi connectivity index (χ4v) is 4.28. The van der Waals surface area contributed by atoms with E-state index in [0.717, 1.165) is 50.3 Å². The fourth-order valence-electron chi connectivity index (χ4n) is 4.28. The van der Waals surface area contributed by atoms with Gasteiger partial charge in [-0.25, -0.2) is 0 Å². The summed E-state index contributed by atoms with van der Waals surface area (Å²) in [5, 5.41) is 0. The molecule has 1 atom stereocenters. The number of carbonyl (C=O) groups excluding carboxylic acids is 1. The number of aromatic nitrogens is 1. The number of amides is 1. The van der Waals surface area contributed by atoms with E-state index < -0.39 is 6.10 Å². The predicted molar refractivity (Wildman–Crippen MR) is 118 cm³/mol. The van der Waals surface area contributed by atoms with Crippen molar-refractivity contribution in [2.75, 3.05) is 31.1 Å². The fraction of sp³-hybridized carbons (Fsp3) is 0.478. The second-order valence-electron chi connectivity index (χ2n) is 8.10. The lowest BCUT2D eigenvalue weighted by Crippen LogP contribution is -2.61. The molecule has 2 aliphatic rings. The zero-order valence-electron chi connectivity index (χ0n) is 17.2. The molecule has 1 aromatic heterocycles. The molecule has 3 heterocycles. The molecule has 2 aliphatic heterocycles. The maximum absolute atomic E-state index is 12.7. The average Bonchev–Trinajstić information content (AvgIpc) is 2.72. The standard InChI is InChI=1S/C23H29N3O2.ClH/c1-18-8-9-21(16-24-18)26-17-23(28-19(2)22(26)27)11-14-25(15-12-23)13-10-20-6-4-3-5-7-20;/h3-9,16,19H,10-15,17H2,1-2H3;1H. The molecule has 1 unspecified atom stereocenters. The summed E-state index contributed by atoms with van der Waals surface area (Å²) in [5.74, 6) is 0.0304. The highest BCUT2D eigenvalue weighted by atomic mass is 35.5. The highest BCUT2D eigenvalue weighted by Gasteiger charge is 2.45. The molecule has 1 amide bonds. The van der Waals surface area contributed by atoms with E-state index in [1.165, 1.54) is 5.56 Å². The SMILES string of the molecule is Cc1ccc(N2CC3(CCN(CCc4ccccc4)CC3)OC(C)C2=O)cn1.Cl. The molecule has 0 bridgehead atoms. The minimum atomic E-state index is -0.411. The number of aryl methyl sites for hydroxylation is 1. The Labute approximate surface area is 179 Å². The summed E-state index contributed by atoms with van der Waals surface area (Å²) >= 11 is 0. The molecule has 0 N–H and O–H groups in total. The summed E-state index contributed by atoms with van der Waals surface area (Å²) in [6.45, 7) is 7.54. The lowest BCUT2D eigenvalue weighted by Gasteiger charge is -2.49. The number of ether oxygens (including phenoxy) is 1. The number of halogens is 1. The first kappa shape index (κ1) is 21.8. The van der Waals surface area contributed by atoms with E-state index in [0.29, 0.717) is 6.54 Å². The largest absolute Gasteiger partial charge is 0.360 e. The molecular weight excluding hydrogens is 386 g/mol. The van der Waals surface area contributed by atoms with E-state index in [2.05, 4.69) is 40.2 Å². The number of hydrogen-bond acceptors (Lipinski definition) is 4. The third-order valence-corrected chi connectivity index (χ3v) is 6.02. The van der Waals surface area contributed by atoms with Gasteiger partial charge in [0.05, 0.1) is 24.0 Å². The van der Waals surface area contributed by atoms with Gasteiger partial charge in [-0.2, -0.15) is 0 Å². The number of likely N-dealkylation sites (tertiary alicyclic amines) is 1. The minimum absolute atomic E-state index is 0. The zero-order valence-corrected chi connectivity index (χ0v) is 18.0. The van der Waals surface area contributed by atoms with E-state index in [4.69, 9.17) is 4.74 Å². The number of hydrogen-bond donors (Lipinski definition) is 0. The van der Waals surface area contributed by atoms with Crippen LogP contribution < -0.4 is 4.90 Å². The number of pyridine rings is 1. The number of nitrogens with zero attached hydrogens (tertiary/aromatic N) is 3. The third kappa shape index (κ3) is 4.97. The van der Waals surface area contributed by atoms with E-state index in [1.54, 1.807) is 6.20 Å². The van der Waals surface area contributed by atoms with Crippen LogP contribution in [0, 0.1) is 6.92 Å². The molecular formula is C23H30ClN3O2. The van der Waals surface area contributed by atoms with Crippen LogP contribution in [-0.2, 0) is 16.0 Å². The summed E-state index contributed by atoms with van der Waals surface area (Å²) in [5.41, 5.74) is 2.96. The Bertz CT molecular complexity index is 805. The van der Waals surface area contributed by atoms with E-state index in [1.807, 2.05) is 30.9 Å². The number of benzene rings is 1. The predicted octanol–water partition coefficient (Wildman–Crippen LogP) is 3.64. The Hall–Kier alpha value is -1.95. The molecule has 2 saturated heterocycles. The van der Waals surface area contributed by atoms with Crippen LogP contribution >= 0.6 is 12.4 Å². The summed E-state index contributed by atoms with van der Waals surface area (Å²) in [6.07, 6.45) is 4.37. The maximum atomic E-state index is 12.7. The lowest BCUT2D eigenvalue weighted by molar-refractivity contribution is -0.161. The van der Waals surface area contributed by atoms with Crippen molar-refractivity contribution in [1.29, 1.82) is 0 Å². The monoisotopic (exact) mass is 415 g/mol. The molecule has 156 valence electrons. The molecule has 5 nitrogen and oxygen atoms in total. The first-order valence-corrected chi connectivity index (χ1v) is 10.2. The van der Waals surface area contributed by atoms with Gasteiger partial charge in [0.25, 0.3) is 5.91 Å². The highest BCUT2D eigenvalue weighted by Crippen LogP contribution is 2.34. The van der Waals surface area contributed by atoms with E-state index in [9.17, 15) is 4.79 Å². The van der Waals surface area contributed by atoms with Crippen molar-refractivity contribution in [3.05, 3.63) is 59.9 Å². The van der Waals surface area contributed by atoms with Gasteiger partial charge in [0, 0.05) is 25.3 Å². The summed E-state index contributed by atoms with van der Waals surface area (Å²) in [7, 11) is 0. The molecule has 4 rings (SSSR count). The van der Waals surface area contributed by atoms with Crippen LogP contribution in [-0.4, -0.2) is 53.7 Å². The van der Waals surface area contributed by atoms with Gasteiger partial charge in [0.1, 0.15) is 6.10 Å². The van der Waals surface area contributed by atoms with Crippen molar-refractivity contribution in [2.24, 2.45) is 0 Å². The molecule has 2 fully saturated rings. The topological polar surface area (TPSA) is 45.7 Å². The van der Waals surface area contributed by atoms with Crippen molar-refractivity contribution >= 4 is 24.0 Å². The van der Waals surface area contributed by atoms with Crippen molar-refractivity contribution in [2.45, 2.75) is 44.8 Å². The van der Waals surface area contributed by atoms with Gasteiger partial charge < -0.3 is 14.5 Å². The minimum Gasteiger partial charge on any atom is -0.360 e. The smallest absolute Gasteiger partial charge is 0.255 e. The number of anilines is 1. The Balaban J connectivity index is 0.00000240. The van der Waals surface area contributed by atoms with Gasteiger partial charge in [0.2, 0.25) is 0 Å². The van der Waals surface area contributed by atoms with Crippen LogP contribution in [0.1, 0.15) is 31.0 Å².